The monoisotopic (exact) mass is 598 g/mol. The van der Waals surface area contributed by atoms with E-state index in [0.29, 0.717) is 29.2 Å². The lowest BCUT2D eigenvalue weighted by Crippen LogP contribution is -2.68. The summed E-state index contributed by atoms with van der Waals surface area (Å²) in [4.78, 5) is 28.0. The van der Waals surface area contributed by atoms with Crippen LogP contribution in [-0.4, -0.2) is 28.1 Å². The maximum absolute atomic E-state index is 14.4. The zero-order chi connectivity index (χ0) is 31.2. The molecule has 5 aliphatic carbocycles. The molecule has 6 nitrogen and oxygen atoms in total. The van der Waals surface area contributed by atoms with Crippen molar-refractivity contribution in [1.29, 1.82) is 0 Å². The maximum Gasteiger partial charge on any atom is 0.231 e. The molecule has 1 aromatic carbocycles. The number of aliphatic hydroxyl groups is 1. The van der Waals surface area contributed by atoms with Crippen LogP contribution in [-0.2, 0) is 9.59 Å². The normalized spacial score (nSPS) is 41.0. The Balaban J connectivity index is 1.12. The van der Waals surface area contributed by atoms with E-state index in [-0.39, 0.29) is 51.4 Å². The van der Waals surface area contributed by atoms with Crippen molar-refractivity contribution in [3.63, 3.8) is 0 Å². The van der Waals surface area contributed by atoms with Crippen molar-refractivity contribution in [2.45, 2.75) is 105 Å². The van der Waals surface area contributed by atoms with Gasteiger partial charge in [-0.25, -0.2) is 0 Å². The molecule has 9 atom stereocenters. The number of hydrogen-bond donors (Lipinski definition) is 2. The Morgan fingerprint density at radius 1 is 0.977 bits per heavy atom. The highest BCUT2D eigenvalue weighted by Gasteiger charge is 2.70. The first kappa shape index (κ1) is 30.0. The summed E-state index contributed by atoms with van der Waals surface area (Å²) in [6.45, 7) is 13.7. The third-order valence-corrected chi connectivity index (χ3v) is 14.4. The lowest BCUT2D eigenvalue weighted by atomic mass is 9.33. The molecule has 6 heteroatoms. The van der Waals surface area contributed by atoms with Gasteiger partial charge >= 0.3 is 0 Å². The molecule has 1 aromatic heterocycles. The first-order valence-electron chi connectivity index (χ1n) is 17.1. The number of anilines is 1. The standard InChI is InChI=1S/C38H50N2O4/c1-22-7-9-24(10-8-22)29-21-32(44-40-29)39-34(43)25-12-11-23-13-14-28-27(26(23)19-25)20-30(41)33-36(28,4)17-18-38(6)35(2,3)31(42)15-16-37(33,38)5/h7-10,20-21,23,25-26,28,31,33,42H,11-19H2,1-6H3,(H,39,43)/t23?,25?,26?,28?,31?,33?,36-,37+,38?/m0/s1. The fourth-order valence-electron chi connectivity index (χ4n) is 11.3. The molecule has 2 aromatic rings. The summed E-state index contributed by atoms with van der Waals surface area (Å²) < 4.78 is 5.52. The highest BCUT2D eigenvalue weighted by atomic mass is 16.5. The quantitative estimate of drug-likeness (QED) is 0.372. The summed E-state index contributed by atoms with van der Waals surface area (Å²) in [5, 5.41) is 18.3. The minimum atomic E-state index is -0.332. The van der Waals surface area contributed by atoms with Crippen LogP contribution in [0.3, 0.4) is 0 Å². The zero-order valence-electron chi connectivity index (χ0n) is 27.4. The number of carbonyl (C=O) groups excluding carboxylic acids is 2. The van der Waals surface area contributed by atoms with E-state index in [0.717, 1.165) is 56.9 Å². The number of allylic oxidation sites excluding steroid dienone is 2. The number of nitrogens with one attached hydrogen (secondary N) is 1. The topological polar surface area (TPSA) is 92.4 Å². The molecule has 2 N–H and O–H groups in total. The van der Waals surface area contributed by atoms with Crippen LogP contribution in [0.25, 0.3) is 11.3 Å². The highest BCUT2D eigenvalue weighted by Crippen LogP contribution is 2.74. The van der Waals surface area contributed by atoms with E-state index in [9.17, 15) is 14.7 Å². The molecule has 4 fully saturated rings. The van der Waals surface area contributed by atoms with Gasteiger partial charge in [-0.2, -0.15) is 0 Å². The number of fused-ring (bicyclic) bond motifs is 7. The Labute approximate surface area is 262 Å². The maximum atomic E-state index is 14.4. The average Bonchev–Trinajstić information content (AvgIpc) is 3.45. The molecule has 0 radical (unpaired) electrons. The van der Waals surface area contributed by atoms with Crippen LogP contribution in [0.1, 0.15) is 98.0 Å². The van der Waals surface area contributed by atoms with E-state index in [1.165, 1.54) is 17.6 Å². The highest BCUT2D eigenvalue weighted by molar-refractivity contribution is 5.95. The smallest absolute Gasteiger partial charge is 0.231 e. The lowest BCUT2D eigenvalue weighted by molar-refractivity contribution is -0.232. The Hall–Kier alpha value is -2.73. The van der Waals surface area contributed by atoms with Crippen molar-refractivity contribution in [2.24, 2.45) is 51.2 Å². The van der Waals surface area contributed by atoms with E-state index in [2.05, 4.69) is 51.2 Å². The van der Waals surface area contributed by atoms with Crippen LogP contribution in [0, 0.1) is 58.2 Å². The SMILES string of the molecule is Cc1ccc(-c2cc(NC(=O)C3CCC4CCC5C(=CC(=O)C6[C@@]5(C)CCC5(C)C(C)(C)C(O)CC[C@]65C)C4C3)on2)cc1. The van der Waals surface area contributed by atoms with Gasteiger partial charge in [0.1, 0.15) is 5.69 Å². The summed E-state index contributed by atoms with van der Waals surface area (Å²) in [7, 11) is 0. The molecule has 5 aliphatic rings. The molecule has 4 saturated carbocycles. The summed E-state index contributed by atoms with van der Waals surface area (Å²) in [6.07, 6.45) is 10.5. The predicted molar refractivity (Wildman–Crippen MR) is 172 cm³/mol. The number of amides is 1. The average molecular weight is 599 g/mol. The number of aliphatic hydroxyl groups excluding tert-OH is 1. The van der Waals surface area contributed by atoms with Crippen molar-refractivity contribution in [3.8, 4) is 11.3 Å². The lowest BCUT2D eigenvalue weighted by Gasteiger charge is -2.71. The molecule has 7 unspecified atom stereocenters. The van der Waals surface area contributed by atoms with Gasteiger partial charge in [0.2, 0.25) is 11.8 Å². The molecular weight excluding hydrogens is 548 g/mol. The Bertz CT molecular complexity index is 1500. The van der Waals surface area contributed by atoms with Crippen LogP contribution >= 0.6 is 0 Å². The summed E-state index contributed by atoms with van der Waals surface area (Å²) in [6, 6.07) is 9.90. The molecular formula is C38H50N2O4. The van der Waals surface area contributed by atoms with E-state index in [4.69, 9.17) is 4.52 Å². The molecule has 0 bridgehead atoms. The van der Waals surface area contributed by atoms with Crippen molar-refractivity contribution < 1.29 is 19.2 Å². The zero-order valence-corrected chi connectivity index (χ0v) is 27.4. The largest absolute Gasteiger partial charge is 0.393 e. The minimum absolute atomic E-state index is 0.00653. The van der Waals surface area contributed by atoms with Gasteiger partial charge < -0.3 is 9.63 Å². The van der Waals surface area contributed by atoms with Crippen LogP contribution in [0.15, 0.2) is 46.5 Å². The first-order chi connectivity index (χ1) is 20.8. The number of rotatable bonds is 3. The number of benzene rings is 1. The second-order valence-corrected chi connectivity index (χ2v) is 16.4. The number of hydrogen-bond acceptors (Lipinski definition) is 5. The third-order valence-electron chi connectivity index (χ3n) is 14.4. The van der Waals surface area contributed by atoms with Crippen molar-refractivity contribution >= 4 is 17.6 Å². The predicted octanol–water partition coefficient (Wildman–Crippen LogP) is 8.15. The fourth-order valence-corrected chi connectivity index (χ4v) is 11.3. The van der Waals surface area contributed by atoms with E-state index < -0.39 is 0 Å². The van der Waals surface area contributed by atoms with Crippen LogP contribution in [0.5, 0.6) is 0 Å². The van der Waals surface area contributed by atoms with Crippen molar-refractivity contribution in [1.82, 2.24) is 5.16 Å². The van der Waals surface area contributed by atoms with Gasteiger partial charge in [-0.3, -0.25) is 14.9 Å². The Kier molecular flexibility index (Phi) is 6.90. The number of carbonyl (C=O) groups is 2. The minimum Gasteiger partial charge on any atom is -0.393 e. The van der Waals surface area contributed by atoms with Gasteiger partial charge in [0.15, 0.2) is 5.78 Å². The molecule has 7 rings (SSSR count). The molecule has 1 heterocycles. The van der Waals surface area contributed by atoms with Gasteiger partial charge in [0.25, 0.3) is 0 Å². The number of nitrogens with zero attached hydrogens (tertiary/aromatic N) is 1. The van der Waals surface area contributed by atoms with Gasteiger partial charge in [0, 0.05) is 23.5 Å². The Morgan fingerprint density at radius 3 is 2.45 bits per heavy atom. The summed E-state index contributed by atoms with van der Waals surface area (Å²) in [5.41, 5.74) is 3.61. The second-order valence-electron chi connectivity index (χ2n) is 16.4. The van der Waals surface area contributed by atoms with Gasteiger partial charge in [-0.05, 0) is 110 Å². The number of aryl methyl sites for hydroxylation is 1. The van der Waals surface area contributed by atoms with E-state index in [1.807, 2.05) is 31.2 Å². The van der Waals surface area contributed by atoms with Crippen LogP contribution < -0.4 is 5.32 Å². The molecule has 0 aliphatic heterocycles. The fraction of sp³-hybridized carbons (Fsp3) is 0.658. The van der Waals surface area contributed by atoms with Crippen LogP contribution in [0.2, 0.25) is 0 Å². The second kappa shape index (κ2) is 10.1. The van der Waals surface area contributed by atoms with Gasteiger partial charge in [0.05, 0.1) is 6.10 Å². The van der Waals surface area contributed by atoms with Crippen molar-refractivity contribution in [2.75, 3.05) is 5.32 Å². The summed E-state index contributed by atoms with van der Waals surface area (Å²) >= 11 is 0. The molecule has 0 saturated heterocycles. The van der Waals surface area contributed by atoms with Gasteiger partial charge in [-0.1, -0.05) is 75.2 Å². The molecule has 0 spiro atoms. The first-order valence-corrected chi connectivity index (χ1v) is 17.1. The molecule has 236 valence electrons. The summed E-state index contributed by atoms with van der Waals surface area (Å²) in [5.74, 6) is 1.75. The van der Waals surface area contributed by atoms with E-state index >= 15 is 0 Å². The Morgan fingerprint density at radius 2 is 1.70 bits per heavy atom. The molecule has 1 amide bonds. The number of aromatic nitrogens is 1. The van der Waals surface area contributed by atoms with Gasteiger partial charge in [-0.15, -0.1) is 0 Å². The third kappa shape index (κ3) is 4.18. The molecule has 44 heavy (non-hydrogen) atoms. The number of ketones is 1. The van der Waals surface area contributed by atoms with E-state index in [1.54, 1.807) is 6.07 Å². The van der Waals surface area contributed by atoms with Crippen LogP contribution in [0.4, 0.5) is 5.88 Å². The van der Waals surface area contributed by atoms with Crippen molar-refractivity contribution in [3.05, 3.63) is 47.5 Å².